The third-order valence-electron chi connectivity index (χ3n) is 6.03. The number of halogens is 1. The van der Waals surface area contributed by atoms with Gasteiger partial charge in [0.2, 0.25) is 0 Å². The molecule has 0 bridgehead atoms. The molecule has 2 aromatic rings. The molecule has 0 amide bonds. The quantitative estimate of drug-likeness (QED) is 0.526. The van der Waals surface area contributed by atoms with Gasteiger partial charge in [-0.1, -0.05) is 69.7 Å². The smallest absolute Gasteiger partial charge is 0.338 e. The molecular weight excluding hydrogens is 375 g/mol. The summed E-state index contributed by atoms with van der Waals surface area (Å²) in [5.41, 5.74) is 6.64. The fourth-order valence-electron chi connectivity index (χ4n) is 5.42. The van der Waals surface area contributed by atoms with Crippen LogP contribution in [0.5, 0.6) is 0 Å². The minimum atomic E-state index is -0.268. The molecule has 1 heterocycles. The molecule has 30 heavy (non-hydrogen) atoms. The molecule has 4 rings (SSSR count). The summed E-state index contributed by atoms with van der Waals surface area (Å²) in [7, 11) is 0. The van der Waals surface area contributed by atoms with Crippen LogP contribution in [0.25, 0.3) is 11.1 Å². The number of carbonyl (C=O) groups excluding carboxylic acids is 1. The molecule has 2 aliphatic rings. The van der Waals surface area contributed by atoms with Crippen LogP contribution in [0.1, 0.15) is 63.6 Å². The zero-order chi connectivity index (χ0) is 21.5. The van der Waals surface area contributed by atoms with Gasteiger partial charge in [-0.25, -0.2) is 9.18 Å². The van der Waals surface area contributed by atoms with Crippen LogP contribution in [0.2, 0.25) is 0 Å². The average Bonchev–Trinajstić information content (AvgIpc) is 3.08. The number of benzene rings is 2. The van der Waals surface area contributed by atoms with Gasteiger partial charge in [-0.3, -0.25) is 0 Å². The summed E-state index contributed by atoms with van der Waals surface area (Å²) in [5, 5.41) is 0. The monoisotopic (exact) mass is 404 g/mol. The predicted octanol–water partition coefficient (Wildman–Crippen LogP) is 6.80. The Morgan fingerprint density at radius 1 is 0.867 bits per heavy atom. The number of hydrogen-bond donors (Lipinski definition) is 0. The molecule has 2 aromatic carbocycles. The molecule has 1 fully saturated rings. The largest absolute Gasteiger partial charge is 0.458 e. The highest BCUT2D eigenvalue weighted by Gasteiger charge is 2.37. The second kappa shape index (κ2) is 7.54. The molecule has 1 aliphatic carbocycles. The number of hydrogen-bond acceptors (Lipinski definition) is 2. The molecule has 0 spiro atoms. The molecule has 1 aliphatic heterocycles. The molecule has 156 valence electrons. The van der Waals surface area contributed by atoms with Crippen molar-refractivity contribution in [2.75, 3.05) is 6.61 Å². The minimum Gasteiger partial charge on any atom is -0.458 e. The lowest BCUT2D eigenvalue weighted by atomic mass is 9.62. The van der Waals surface area contributed by atoms with E-state index in [1.54, 1.807) is 0 Å². The summed E-state index contributed by atoms with van der Waals surface area (Å²) in [6.07, 6.45) is 5.03. The lowest BCUT2D eigenvalue weighted by molar-refractivity contribution is -0.133. The zero-order valence-corrected chi connectivity index (χ0v) is 18.2. The highest BCUT2D eigenvalue weighted by molar-refractivity contribution is 6.18. The average molecular weight is 405 g/mol. The standard InChI is InChI=1S/C27H29FO2/c1-26(2)15-21(16-27(3,4)17-26)24(20-9-11-22(28)12-10-20)19-7-5-18(6-8-19)23-13-14-30-25(23)29/h5-13H,14-17H2,1-4H3. The lowest BCUT2D eigenvalue weighted by Crippen LogP contribution is -2.30. The van der Waals surface area contributed by atoms with Gasteiger partial charge in [0.05, 0.1) is 5.57 Å². The van der Waals surface area contributed by atoms with E-state index in [9.17, 15) is 9.18 Å². The molecule has 2 nitrogen and oxygen atoms in total. The maximum atomic E-state index is 13.6. The summed E-state index contributed by atoms with van der Waals surface area (Å²) in [4.78, 5) is 11.9. The molecule has 0 saturated heterocycles. The number of carbonyl (C=O) groups is 1. The topological polar surface area (TPSA) is 26.3 Å². The molecule has 3 heteroatoms. The number of cyclic esters (lactones) is 1. The Morgan fingerprint density at radius 3 is 1.90 bits per heavy atom. The molecule has 0 atom stereocenters. The van der Waals surface area contributed by atoms with Crippen molar-refractivity contribution in [1.29, 1.82) is 0 Å². The van der Waals surface area contributed by atoms with E-state index in [0.717, 1.165) is 29.5 Å². The Hall–Kier alpha value is -2.68. The Morgan fingerprint density at radius 2 is 1.40 bits per heavy atom. The van der Waals surface area contributed by atoms with Gasteiger partial charge in [-0.15, -0.1) is 0 Å². The van der Waals surface area contributed by atoms with Gasteiger partial charge in [0, 0.05) is 0 Å². The Bertz CT molecular complexity index is 1000. The SMILES string of the molecule is CC1(C)CC(=C(c2ccc(F)cc2)c2ccc(C3=CCOC3=O)cc2)CC(C)(C)C1. The minimum absolute atomic E-state index is 0.209. The van der Waals surface area contributed by atoms with E-state index in [-0.39, 0.29) is 22.6 Å². The lowest BCUT2D eigenvalue weighted by Gasteiger charge is -2.43. The van der Waals surface area contributed by atoms with Crippen LogP contribution in [0.3, 0.4) is 0 Å². The first-order valence-corrected chi connectivity index (χ1v) is 10.6. The van der Waals surface area contributed by atoms with Crippen LogP contribution in [0.15, 0.2) is 60.2 Å². The van der Waals surface area contributed by atoms with Gasteiger partial charge in [0.25, 0.3) is 0 Å². The highest BCUT2D eigenvalue weighted by atomic mass is 19.1. The zero-order valence-electron chi connectivity index (χ0n) is 18.2. The summed E-state index contributed by atoms with van der Waals surface area (Å²) in [5.74, 6) is -0.495. The number of rotatable bonds is 3. The van der Waals surface area contributed by atoms with Crippen molar-refractivity contribution in [2.24, 2.45) is 10.8 Å². The van der Waals surface area contributed by atoms with Gasteiger partial charge in [0.1, 0.15) is 12.4 Å². The first kappa shape index (κ1) is 20.6. The van der Waals surface area contributed by atoms with Crippen molar-refractivity contribution in [2.45, 2.75) is 47.0 Å². The summed E-state index contributed by atoms with van der Waals surface area (Å²) in [6, 6.07) is 14.9. The molecule has 0 N–H and O–H groups in total. The van der Waals surface area contributed by atoms with Gasteiger partial charge >= 0.3 is 5.97 Å². The van der Waals surface area contributed by atoms with Crippen LogP contribution in [-0.2, 0) is 9.53 Å². The van der Waals surface area contributed by atoms with E-state index < -0.39 is 0 Å². The van der Waals surface area contributed by atoms with E-state index in [1.807, 2.05) is 30.3 Å². The second-order valence-corrected chi connectivity index (χ2v) is 10.1. The van der Waals surface area contributed by atoms with Crippen molar-refractivity contribution in [3.8, 4) is 0 Å². The first-order valence-electron chi connectivity index (χ1n) is 10.6. The normalized spacial score (nSPS) is 20.0. The van der Waals surface area contributed by atoms with Crippen LogP contribution >= 0.6 is 0 Å². The third kappa shape index (κ3) is 4.26. The van der Waals surface area contributed by atoms with Crippen molar-refractivity contribution in [3.05, 3.63) is 82.7 Å². The number of esters is 1. The Kier molecular flexibility index (Phi) is 5.17. The van der Waals surface area contributed by atoms with Crippen molar-refractivity contribution < 1.29 is 13.9 Å². The fourth-order valence-corrected chi connectivity index (χ4v) is 5.42. The third-order valence-corrected chi connectivity index (χ3v) is 6.03. The first-order chi connectivity index (χ1) is 14.1. The summed E-state index contributed by atoms with van der Waals surface area (Å²) >= 11 is 0. The van der Waals surface area contributed by atoms with Gasteiger partial charge in [-0.05, 0) is 70.6 Å². The summed E-state index contributed by atoms with van der Waals surface area (Å²) in [6.45, 7) is 9.66. The molecule has 1 saturated carbocycles. The summed E-state index contributed by atoms with van der Waals surface area (Å²) < 4.78 is 18.7. The van der Waals surface area contributed by atoms with Crippen LogP contribution in [0.4, 0.5) is 4.39 Å². The van der Waals surface area contributed by atoms with E-state index in [2.05, 4.69) is 39.8 Å². The van der Waals surface area contributed by atoms with E-state index in [0.29, 0.717) is 12.2 Å². The highest BCUT2D eigenvalue weighted by Crippen LogP contribution is 2.50. The Labute approximate surface area is 178 Å². The van der Waals surface area contributed by atoms with Crippen molar-refractivity contribution >= 4 is 17.1 Å². The van der Waals surface area contributed by atoms with Gasteiger partial charge < -0.3 is 4.74 Å². The molecule has 0 radical (unpaired) electrons. The van der Waals surface area contributed by atoms with Crippen molar-refractivity contribution in [1.82, 2.24) is 0 Å². The number of allylic oxidation sites excluding steroid dienone is 1. The van der Waals surface area contributed by atoms with Crippen LogP contribution in [0, 0.1) is 16.6 Å². The molecule has 0 unspecified atom stereocenters. The fraction of sp³-hybridized carbons (Fsp3) is 0.370. The molecular formula is C27H29FO2. The predicted molar refractivity (Wildman–Crippen MR) is 119 cm³/mol. The van der Waals surface area contributed by atoms with Gasteiger partial charge in [0.15, 0.2) is 0 Å². The van der Waals surface area contributed by atoms with E-state index >= 15 is 0 Å². The Balaban J connectivity index is 1.82. The van der Waals surface area contributed by atoms with Crippen LogP contribution in [-0.4, -0.2) is 12.6 Å². The second-order valence-electron chi connectivity index (χ2n) is 10.1. The van der Waals surface area contributed by atoms with Crippen LogP contribution < -0.4 is 0 Å². The van der Waals surface area contributed by atoms with Gasteiger partial charge in [-0.2, -0.15) is 0 Å². The number of ether oxygens (including phenoxy) is 1. The van der Waals surface area contributed by atoms with E-state index in [4.69, 9.17) is 4.74 Å². The molecule has 0 aromatic heterocycles. The van der Waals surface area contributed by atoms with E-state index in [1.165, 1.54) is 29.7 Å². The maximum Gasteiger partial charge on any atom is 0.338 e. The van der Waals surface area contributed by atoms with Crippen molar-refractivity contribution in [3.63, 3.8) is 0 Å². The maximum absolute atomic E-state index is 13.6.